The van der Waals surface area contributed by atoms with Crippen molar-refractivity contribution in [3.8, 4) is 10.6 Å². The number of aromatic nitrogens is 2. The van der Waals surface area contributed by atoms with Crippen molar-refractivity contribution in [2.24, 2.45) is 0 Å². The Morgan fingerprint density at radius 3 is 2.85 bits per heavy atom. The number of hydrogen-bond donors (Lipinski definition) is 1. The number of thiazole rings is 1. The van der Waals surface area contributed by atoms with Crippen LogP contribution in [0.1, 0.15) is 22.5 Å². The van der Waals surface area contributed by atoms with Crippen LogP contribution < -0.4 is 5.32 Å². The van der Waals surface area contributed by atoms with Gasteiger partial charge in [0.1, 0.15) is 29.4 Å². The zero-order chi connectivity index (χ0) is 23.7. The molecule has 0 aliphatic carbocycles. The van der Waals surface area contributed by atoms with Crippen LogP contribution in [0.3, 0.4) is 0 Å². The number of benzene rings is 1. The molecular formula is C24H21BrN4O4S. The SMILES string of the molecule is O=C(NC(Cc1ccc(Br)cc1)C(=O)N1CCC2OCC(=O)C21)c1csc(-c2cccnc2)n1. The number of halogens is 1. The second kappa shape index (κ2) is 9.73. The van der Waals surface area contributed by atoms with E-state index in [0.29, 0.717) is 24.4 Å². The molecular weight excluding hydrogens is 520 g/mol. The van der Waals surface area contributed by atoms with Gasteiger partial charge in [-0.25, -0.2) is 4.98 Å². The lowest BCUT2D eigenvalue weighted by Gasteiger charge is -2.27. The van der Waals surface area contributed by atoms with E-state index in [0.717, 1.165) is 15.6 Å². The lowest BCUT2D eigenvalue weighted by molar-refractivity contribution is -0.138. The van der Waals surface area contributed by atoms with Gasteiger partial charge in [-0.05, 0) is 36.2 Å². The van der Waals surface area contributed by atoms with Gasteiger partial charge in [0, 0.05) is 40.8 Å². The summed E-state index contributed by atoms with van der Waals surface area (Å²) >= 11 is 4.75. The molecule has 2 fully saturated rings. The highest BCUT2D eigenvalue weighted by Crippen LogP contribution is 2.28. The molecule has 0 saturated carbocycles. The Balaban J connectivity index is 1.37. The van der Waals surface area contributed by atoms with Gasteiger partial charge >= 0.3 is 0 Å². The van der Waals surface area contributed by atoms with Crippen LogP contribution in [0, 0.1) is 0 Å². The molecule has 34 heavy (non-hydrogen) atoms. The number of carbonyl (C=O) groups excluding carboxylic acids is 3. The van der Waals surface area contributed by atoms with E-state index in [1.54, 1.807) is 28.7 Å². The van der Waals surface area contributed by atoms with Gasteiger partial charge in [0.15, 0.2) is 5.78 Å². The van der Waals surface area contributed by atoms with Crippen LogP contribution in [0.25, 0.3) is 10.6 Å². The molecule has 2 aliphatic heterocycles. The van der Waals surface area contributed by atoms with E-state index in [-0.39, 0.29) is 30.1 Å². The fourth-order valence-electron chi connectivity index (χ4n) is 4.33. The van der Waals surface area contributed by atoms with Crippen LogP contribution in [-0.4, -0.2) is 63.8 Å². The minimum atomic E-state index is -0.843. The average Bonchev–Trinajstić information content (AvgIpc) is 3.58. The third-order valence-corrected chi connectivity index (χ3v) is 7.42. The normalized spacial score (nSPS) is 20.3. The Bertz CT molecular complexity index is 1220. The largest absolute Gasteiger partial charge is 0.368 e. The third-order valence-electron chi connectivity index (χ3n) is 6.00. The van der Waals surface area contributed by atoms with Crippen molar-refractivity contribution in [1.29, 1.82) is 0 Å². The molecule has 3 atom stereocenters. The van der Waals surface area contributed by atoms with E-state index in [4.69, 9.17) is 4.74 Å². The van der Waals surface area contributed by atoms with Crippen molar-refractivity contribution < 1.29 is 19.1 Å². The number of fused-ring (bicyclic) bond motifs is 1. The molecule has 0 radical (unpaired) electrons. The molecule has 2 aliphatic rings. The van der Waals surface area contributed by atoms with Crippen molar-refractivity contribution in [3.63, 3.8) is 0 Å². The Labute approximate surface area is 208 Å². The predicted octanol–water partition coefficient (Wildman–Crippen LogP) is 2.88. The number of amides is 2. The molecule has 2 saturated heterocycles. The van der Waals surface area contributed by atoms with Gasteiger partial charge in [-0.15, -0.1) is 11.3 Å². The fraction of sp³-hybridized carbons (Fsp3) is 0.292. The predicted molar refractivity (Wildman–Crippen MR) is 129 cm³/mol. The Morgan fingerprint density at radius 2 is 2.09 bits per heavy atom. The van der Waals surface area contributed by atoms with Crippen LogP contribution in [0.5, 0.6) is 0 Å². The van der Waals surface area contributed by atoms with Gasteiger partial charge in [-0.1, -0.05) is 28.1 Å². The second-order valence-electron chi connectivity index (χ2n) is 8.22. The number of nitrogens with one attached hydrogen (secondary N) is 1. The maximum atomic E-state index is 13.6. The molecule has 174 valence electrons. The molecule has 5 rings (SSSR count). The van der Waals surface area contributed by atoms with Crippen LogP contribution in [-0.2, 0) is 20.7 Å². The Kier molecular flexibility index (Phi) is 6.53. The number of carbonyl (C=O) groups is 3. The molecule has 4 heterocycles. The van der Waals surface area contributed by atoms with Gasteiger partial charge in [0.2, 0.25) is 5.91 Å². The maximum Gasteiger partial charge on any atom is 0.271 e. The molecule has 2 amide bonds. The highest BCUT2D eigenvalue weighted by molar-refractivity contribution is 9.10. The lowest BCUT2D eigenvalue weighted by Crippen LogP contribution is -2.53. The van der Waals surface area contributed by atoms with Gasteiger partial charge in [-0.2, -0.15) is 0 Å². The van der Waals surface area contributed by atoms with Gasteiger partial charge in [0.05, 0.1) is 6.10 Å². The van der Waals surface area contributed by atoms with Crippen molar-refractivity contribution >= 4 is 44.9 Å². The average molecular weight is 541 g/mol. The Hall–Kier alpha value is -2.95. The van der Waals surface area contributed by atoms with E-state index in [1.807, 2.05) is 30.3 Å². The molecule has 0 spiro atoms. The van der Waals surface area contributed by atoms with Crippen molar-refractivity contribution in [3.05, 3.63) is 69.9 Å². The number of likely N-dealkylation sites (tertiary alicyclic amines) is 1. The number of ketones is 1. The van der Waals surface area contributed by atoms with E-state index >= 15 is 0 Å². The smallest absolute Gasteiger partial charge is 0.271 e. The number of nitrogens with zero attached hydrogens (tertiary/aromatic N) is 3. The van der Waals surface area contributed by atoms with E-state index in [2.05, 4.69) is 31.2 Å². The van der Waals surface area contributed by atoms with Crippen LogP contribution >= 0.6 is 27.3 Å². The first kappa shape index (κ1) is 22.8. The number of pyridine rings is 1. The lowest BCUT2D eigenvalue weighted by atomic mass is 10.0. The minimum absolute atomic E-state index is 0.0266. The maximum absolute atomic E-state index is 13.6. The summed E-state index contributed by atoms with van der Waals surface area (Å²) in [6, 6.07) is 9.84. The monoisotopic (exact) mass is 540 g/mol. The minimum Gasteiger partial charge on any atom is -0.368 e. The van der Waals surface area contributed by atoms with E-state index < -0.39 is 18.0 Å². The van der Waals surface area contributed by atoms with Crippen LogP contribution in [0.2, 0.25) is 0 Å². The number of Topliss-reactive ketones (excluding diaryl/α,β-unsaturated/α-hetero) is 1. The summed E-state index contributed by atoms with van der Waals surface area (Å²) in [7, 11) is 0. The number of ether oxygens (including phenoxy) is 1. The van der Waals surface area contributed by atoms with E-state index in [1.165, 1.54) is 11.3 Å². The summed E-state index contributed by atoms with van der Waals surface area (Å²) in [5.41, 5.74) is 1.94. The summed E-state index contributed by atoms with van der Waals surface area (Å²) in [5.74, 6) is -0.817. The van der Waals surface area contributed by atoms with Gasteiger partial charge in [0.25, 0.3) is 5.91 Å². The van der Waals surface area contributed by atoms with Gasteiger partial charge < -0.3 is 15.0 Å². The quantitative estimate of drug-likeness (QED) is 0.515. The standard InChI is InChI=1S/C24H21BrN4O4S/c25-16-5-3-14(4-6-16)10-17(24(32)29-9-7-20-21(29)19(30)12-33-20)27-22(31)18-13-34-23(28-18)15-2-1-8-26-11-15/h1-6,8,11,13,17,20-21H,7,9-10,12H2,(H,27,31). The first-order valence-corrected chi connectivity index (χ1v) is 12.5. The van der Waals surface area contributed by atoms with Crippen molar-refractivity contribution in [1.82, 2.24) is 20.2 Å². The Morgan fingerprint density at radius 1 is 1.26 bits per heavy atom. The first-order valence-electron chi connectivity index (χ1n) is 10.9. The summed E-state index contributed by atoms with van der Waals surface area (Å²) in [6.07, 6.45) is 4.00. The highest BCUT2D eigenvalue weighted by Gasteiger charge is 2.48. The van der Waals surface area contributed by atoms with Crippen molar-refractivity contribution in [2.45, 2.75) is 31.0 Å². The zero-order valence-corrected chi connectivity index (χ0v) is 20.4. The molecule has 1 aromatic carbocycles. The summed E-state index contributed by atoms with van der Waals surface area (Å²) in [4.78, 5) is 49.1. The molecule has 3 unspecified atom stereocenters. The zero-order valence-electron chi connectivity index (χ0n) is 18.0. The summed E-state index contributed by atoms with van der Waals surface area (Å²) in [5, 5.41) is 5.20. The summed E-state index contributed by atoms with van der Waals surface area (Å²) < 4.78 is 6.45. The van der Waals surface area contributed by atoms with Crippen molar-refractivity contribution in [2.75, 3.05) is 13.2 Å². The van der Waals surface area contributed by atoms with Crippen LogP contribution in [0.15, 0.2) is 58.6 Å². The summed E-state index contributed by atoms with van der Waals surface area (Å²) in [6.45, 7) is 0.452. The highest BCUT2D eigenvalue weighted by atomic mass is 79.9. The molecule has 1 N–H and O–H groups in total. The number of rotatable bonds is 6. The first-order chi connectivity index (χ1) is 16.5. The topological polar surface area (TPSA) is 101 Å². The van der Waals surface area contributed by atoms with Gasteiger partial charge in [-0.3, -0.25) is 19.4 Å². The van der Waals surface area contributed by atoms with Crippen LogP contribution in [0.4, 0.5) is 0 Å². The molecule has 2 aromatic heterocycles. The van der Waals surface area contributed by atoms with E-state index in [9.17, 15) is 14.4 Å². The molecule has 8 nitrogen and oxygen atoms in total. The number of hydrogen-bond acceptors (Lipinski definition) is 7. The molecule has 0 bridgehead atoms. The third kappa shape index (κ3) is 4.66. The molecule has 3 aromatic rings. The second-order valence-corrected chi connectivity index (χ2v) is 9.99. The fourth-order valence-corrected chi connectivity index (χ4v) is 5.39. The molecule has 10 heteroatoms.